The van der Waals surface area contributed by atoms with Crippen LogP contribution in [0.1, 0.15) is 6.42 Å². The first-order chi connectivity index (χ1) is 16.7. The topological polar surface area (TPSA) is 68.9 Å². The van der Waals surface area contributed by atoms with Gasteiger partial charge in [-0.15, -0.1) is 0 Å². The number of β-amino-alcohol motifs (C(OH)–C–C–N with tert-alkyl or cyclic N) is 1. The molecular formula is C27H27N3O4. The molecule has 174 valence electrons. The molecule has 1 aliphatic rings. The Morgan fingerprint density at radius 1 is 0.794 bits per heavy atom. The predicted molar refractivity (Wildman–Crippen MR) is 130 cm³/mol. The molecule has 7 heteroatoms. The van der Waals surface area contributed by atoms with E-state index in [0.717, 1.165) is 42.4 Å². The fourth-order valence-corrected chi connectivity index (χ4v) is 4.08. The zero-order valence-corrected chi connectivity index (χ0v) is 18.8. The molecule has 0 bridgehead atoms. The normalized spacial score (nSPS) is 16.0. The monoisotopic (exact) mass is 457 g/mol. The Balaban J connectivity index is 1.22. The molecule has 3 aromatic carbocycles. The minimum absolute atomic E-state index is 0.155. The number of aromatic nitrogens is 2. The highest BCUT2D eigenvalue weighted by atomic mass is 16.5. The van der Waals surface area contributed by atoms with Gasteiger partial charge in [-0.05, 0) is 67.1 Å². The summed E-state index contributed by atoms with van der Waals surface area (Å²) >= 11 is 0. The average Bonchev–Trinajstić information content (AvgIpc) is 3.46. The van der Waals surface area contributed by atoms with Crippen LogP contribution in [0, 0.1) is 0 Å². The first-order valence-electron chi connectivity index (χ1n) is 11.4. The van der Waals surface area contributed by atoms with Crippen molar-refractivity contribution in [2.24, 2.45) is 0 Å². The standard InChI is InChI=1S/C27H27N3O4/c31-23-14-15-28(20-23)18-19-33-24-10-6-21(7-11-24)29-16-17-30(27(29)32)22-8-12-26(13-9-22)34-25-4-2-1-3-5-25/h1-13,16-17,23,31H,14-15,18-20H2. The van der Waals surface area contributed by atoms with Gasteiger partial charge in [0.15, 0.2) is 0 Å². The molecule has 0 amide bonds. The molecule has 5 rings (SSSR count). The van der Waals surface area contributed by atoms with Gasteiger partial charge in [0.1, 0.15) is 23.9 Å². The number of para-hydroxylation sites is 1. The molecule has 0 spiro atoms. The third kappa shape index (κ3) is 5.06. The zero-order chi connectivity index (χ0) is 23.3. The van der Waals surface area contributed by atoms with Crippen LogP contribution in [0.25, 0.3) is 11.4 Å². The molecule has 34 heavy (non-hydrogen) atoms. The first kappa shape index (κ1) is 22.0. The molecule has 0 radical (unpaired) electrons. The largest absolute Gasteiger partial charge is 0.492 e. The van der Waals surface area contributed by atoms with E-state index in [1.807, 2.05) is 78.9 Å². The van der Waals surface area contributed by atoms with Gasteiger partial charge in [-0.2, -0.15) is 0 Å². The third-order valence-corrected chi connectivity index (χ3v) is 5.91. The second kappa shape index (κ2) is 9.99. The summed E-state index contributed by atoms with van der Waals surface area (Å²) < 4.78 is 14.9. The summed E-state index contributed by atoms with van der Waals surface area (Å²) in [6.45, 7) is 2.97. The van der Waals surface area contributed by atoms with Gasteiger partial charge < -0.3 is 14.6 Å². The number of hydrogen-bond acceptors (Lipinski definition) is 5. The summed E-state index contributed by atoms with van der Waals surface area (Å²) in [5, 5.41) is 9.60. The lowest BCUT2D eigenvalue weighted by Gasteiger charge is -2.15. The Morgan fingerprint density at radius 3 is 1.97 bits per heavy atom. The summed E-state index contributed by atoms with van der Waals surface area (Å²) in [4.78, 5) is 15.2. The summed E-state index contributed by atoms with van der Waals surface area (Å²) in [5.41, 5.74) is 1.37. The van der Waals surface area contributed by atoms with Crippen LogP contribution in [0.15, 0.2) is 96.1 Å². The van der Waals surface area contributed by atoms with Crippen molar-refractivity contribution in [2.45, 2.75) is 12.5 Å². The molecule has 2 heterocycles. The van der Waals surface area contributed by atoms with Crippen molar-refractivity contribution in [1.82, 2.24) is 14.0 Å². The van der Waals surface area contributed by atoms with Gasteiger partial charge in [-0.3, -0.25) is 14.0 Å². The van der Waals surface area contributed by atoms with Crippen LogP contribution in [0.5, 0.6) is 17.2 Å². The van der Waals surface area contributed by atoms with Crippen molar-refractivity contribution in [1.29, 1.82) is 0 Å². The number of aliphatic hydroxyl groups excluding tert-OH is 1. The molecule has 4 aromatic rings. The molecule has 1 N–H and O–H groups in total. The van der Waals surface area contributed by atoms with Gasteiger partial charge in [-0.1, -0.05) is 18.2 Å². The van der Waals surface area contributed by atoms with Crippen LogP contribution >= 0.6 is 0 Å². The third-order valence-electron chi connectivity index (χ3n) is 5.91. The van der Waals surface area contributed by atoms with Gasteiger partial charge in [0.25, 0.3) is 0 Å². The Hall–Kier alpha value is -3.81. The molecule has 0 saturated carbocycles. The second-order valence-electron chi connectivity index (χ2n) is 8.32. The van der Waals surface area contributed by atoms with Gasteiger partial charge >= 0.3 is 5.69 Å². The molecule has 1 aliphatic heterocycles. The SMILES string of the molecule is O=c1n(-c2ccc(OCCN3CCC(O)C3)cc2)ccn1-c1ccc(Oc2ccccc2)cc1. The highest BCUT2D eigenvalue weighted by Crippen LogP contribution is 2.22. The smallest absolute Gasteiger partial charge is 0.337 e. The summed E-state index contributed by atoms with van der Waals surface area (Å²) in [7, 11) is 0. The molecular weight excluding hydrogens is 430 g/mol. The van der Waals surface area contributed by atoms with Crippen LogP contribution in [0.4, 0.5) is 0 Å². The molecule has 1 unspecified atom stereocenters. The van der Waals surface area contributed by atoms with Crippen LogP contribution in [0.2, 0.25) is 0 Å². The van der Waals surface area contributed by atoms with Crippen LogP contribution < -0.4 is 15.2 Å². The van der Waals surface area contributed by atoms with Crippen LogP contribution in [-0.2, 0) is 0 Å². The highest BCUT2D eigenvalue weighted by Gasteiger charge is 2.19. The maximum absolute atomic E-state index is 13.0. The van der Waals surface area contributed by atoms with Crippen molar-refractivity contribution in [3.63, 3.8) is 0 Å². The van der Waals surface area contributed by atoms with E-state index in [2.05, 4.69) is 4.90 Å². The van der Waals surface area contributed by atoms with E-state index < -0.39 is 0 Å². The van der Waals surface area contributed by atoms with Crippen molar-refractivity contribution < 1.29 is 14.6 Å². The van der Waals surface area contributed by atoms with E-state index in [0.29, 0.717) is 18.9 Å². The average molecular weight is 458 g/mol. The number of aliphatic hydroxyl groups is 1. The summed E-state index contributed by atoms with van der Waals surface area (Å²) in [6.07, 6.45) is 4.12. The van der Waals surface area contributed by atoms with E-state index in [1.54, 1.807) is 21.5 Å². The number of hydrogen-bond donors (Lipinski definition) is 1. The molecule has 1 aromatic heterocycles. The van der Waals surface area contributed by atoms with Crippen LogP contribution in [-0.4, -0.2) is 51.5 Å². The predicted octanol–water partition coefficient (Wildman–Crippen LogP) is 3.87. The lowest BCUT2D eigenvalue weighted by Crippen LogP contribution is -2.27. The quantitative estimate of drug-likeness (QED) is 0.435. The number of ether oxygens (including phenoxy) is 2. The lowest BCUT2D eigenvalue weighted by atomic mass is 10.3. The maximum Gasteiger partial charge on any atom is 0.337 e. The van der Waals surface area contributed by atoms with Crippen molar-refractivity contribution in [2.75, 3.05) is 26.2 Å². The Kier molecular flexibility index (Phi) is 6.46. The molecule has 1 saturated heterocycles. The highest BCUT2D eigenvalue weighted by molar-refractivity contribution is 5.41. The maximum atomic E-state index is 13.0. The van der Waals surface area contributed by atoms with Gasteiger partial charge in [0.05, 0.1) is 17.5 Å². The van der Waals surface area contributed by atoms with Crippen molar-refractivity contribution >= 4 is 0 Å². The summed E-state index contributed by atoms with van der Waals surface area (Å²) in [5.74, 6) is 2.23. The number of nitrogens with zero attached hydrogens (tertiary/aromatic N) is 3. The van der Waals surface area contributed by atoms with Gasteiger partial charge in [0.2, 0.25) is 0 Å². The van der Waals surface area contributed by atoms with E-state index in [4.69, 9.17) is 9.47 Å². The minimum Gasteiger partial charge on any atom is -0.492 e. The fraction of sp³-hybridized carbons (Fsp3) is 0.222. The molecule has 1 fully saturated rings. The number of rotatable bonds is 8. The Labute approximate surface area is 198 Å². The Bertz CT molecular complexity index is 1260. The Morgan fingerprint density at radius 2 is 1.38 bits per heavy atom. The van der Waals surface area contributed by atoms with E-state index in [1.165, 1.54) is 0 Å². The zero-order valence-electron chi connectivity index (χ0n) is 18.8. The van der Waals surface area contributed by atoms with Gasteiger partial charge in [-0.25, -0.2) is 4.79 Å². The second-order valence-corrected chi connectivity index (χ2v) is 8.32. The van der Waals surface area contributed by atoms with Crippen LogP contribution in [0.3, 0.4) is 0 Å². The summed E-state index contributed by atoms with van der Waals surface area (Å²) in [6, 6.07) is 24.5. The lowest BCUT2D eigenvalue weighted by molar-refractivity contribution is 0.167. The minimum atomic E-state index is -0.217. The van der Waals surface area contributed by atoms with Gasteiger partial charge in [0, 0.05) is 32.0 Å². The number of likely N-dealkylation sites (tertiary alicyclic amines) is 1. The van der Waals surface area contributed by atoms with Crippen molar-refractivity contribution in [3.8, 4) is 28.6 Å². The first-order valence-corrected chi connectivity index (χ1v) is 11.4. The van der Waals surface area contributed by atoms with E-state index in [9.17, 15) is 9.90 Å². The number of benzene rings is 3. The number of imidazole rings is 1. The van der Waals surface area contributed by atoms with E-state index in [-0.39, 0.29) is 11.8 Å². The fourth-order valence-electron chi connectivity index (χ4n) is 4.08. The molecule has 1 atom stereocenters. The molecule has 7 nitrogen and oxygen atoms in total. The molecule has 0 aliphatic carbocycles. The van der Waals surface area contributed by atoms with E-state index >= 15 is 0 Å². The van der Waals surface area contributed by atoms with Crippen molar-refractivity contribution in [3.05, 3.63) is 102 Å².